The van der Waals surface area contributed by atoms with Crippen molar-refractivity contribution in [1.82, 2.24) is 4.53 Å². The Bertz CT molecular complexity index is 141. The van der Waals surface area contributed by atoms with Crippen LogP contribution in [0.2, 0.25) is 0 Å². The lowest BCUT2D eigenvalue weighted by Gasteiger charge is -2.05. The molecule has 0 aromatic carbocycles. The molecule has 0 bridgehead atoms. The highest BCUT2D eigenvalue weighted by molar-refractivity contribution is 6.64. The molecule has 1 heterocycles. The van der Waals surface area contributed by atoms with Crippen LogP contribution < -0.4 is 0 Å². The van der Waals surface area contributed by atoms with Gasteiger partial charge in [-0.25, -0.2) is 4.99 Å². The summed E-state index contributed by atoms with van der Waals surface area (Å²) < 4.78 is 1.06. The average molecular weight is 153 g/mol. The van der Waals surface area contributed by atoms with Crippen LogP contribution in [0.25, 0.3) is 0 Å². The van der Waals surface area contributed by atoms with Gasteiger partial charge in [0.1, 0.15) is 6.67 Å². The molecule has 0 saturated heterocycles. The Morgan fingerprint density at radius 2 is 2.38 bits per heavy atom. The second-order valence-corrected chi connectivity index (χ2v) is 1.82. The Morgan fingerprint density at radius 1 is 1.62 bits per heavy atom. The van der Waals surface area contributed by atoms with E-state index in [9.17, 15) is 0 Å². The fourth-order valence-electron chi connectivity index (χ4n) is 0.262. The monoisotopic (exact) mass is 152 g/mol. The molecule has 0 saturated carbocycles. The highest BCUT2D eigenvalue weighted by atomic mass is 35.5. The average Bonchev–Trinajstić information content (AvgIpc) is 1.77. The molecule has 44 valence electrons. The Morgan fingerprint density at radius 3 is 2.75 bits per heavy atom. The number of hydrogen-bond donors (Lipinski definition) is 0. The lowest BCUT2D eigenvalue weighted by Crippen LogP contribution is -2.08. The number of amidine groups is 1. The van der Waals surface area contributed by atoms with Crippen LogP contribution in [0.5, 0.6) is 0 Å². The molecule has 0 atom stereocenters. The first-order valence-corrected chi connectivity index (χ1v) is 2.55. The Hall–Kier alpha value is -0.350. The van der Waals surface area contributed by atoms with Crippen LogP contribution in [0.15, 0.2) is 15.3 Å². The minimum absolute atomic E-state index is 0.141. The summed E-state index contributed by atoms with van der Waals surface area (Å²) in [5.41, 5.74) is 0. The molecular weight excluding hydrogens is 151 g/mol. The maximum absolute atomic E-state index is 5.29. The first-order valence-electron chi connectivity index (χ1n) is 1.84. The van der Waals surface area contributed by atoms with E-state index in [1.54, 1.807) is 0 Å². The minimum atomic E-state index is 0.141. The van der Waals surface area contributed by atoms with Crippen LogP contribution in [0.1, 0.15) is 0 Å². The molecule has 0 aliphatic carbocycles. The van der Waals surface area contributed by atoms with Crippen molar-refractivity contribution in [2.45, 2.75) is 0 Å². The zero-order valence-corrected chi connectivity index (χ0v) is 5.26. The van der Waals surface area contributed by atoms with Crippen LogP contribution in [0, 0.1) is 0 Å². The maximum Gasteiger partial charge on any atom is 0.242 e. The highest BCUT2D eigenvalue weighted by Crippen LogP contribution is 2.04. The molecule has 0 spiro atoms. The van der Waals surface area contributed by atoms with Gasteiger partial charge in [0.2, 0.25) is 5.29 Å². The number of halogens is 2. The standard InChI is InChI=1S/C2H2Cl2N4/c3-2-5-1-8(4)7-6-2/h1H2. The van der Waals surface area contributed by atoms with Gasteiger partial charge in [0.25, 0.3) is 0 Å². The SMILES string of the molecule is ClC1=NCN(Cl)N=N1. The summed E-state index contributed by atoms with van der Waals surface area (Å²) in [6.07, 6.45) is 0. The summed E-state index contributed by atoms with van der Waals surface area (Å²) in [6, 6.07) is 0. The number of nitrogens with zero attached hydrogens (tertiary/aromatic N) is 4. The van der Waals surface area contributed by atoms with E-state index < -0.39 is 0 Å². The summed E-state index contributed by atoms with van der Waals surface area (Å²) in [5, 5.41) is 6.86. The van der Waals surface area contributed by atoms with Gasteiger partial charge in [-0.15, -0.1) is 0 Å². The summed E-state index contributed by atoms with van der Waals surface area (Å²) in [6.45, 7) is 0.268. The van der Waals surface area contributed by atoms with Gasteiger partial charge in [-0.3, -0.25) is 0 Å². The van der Waals surface area contributed by atoms with Crippen LogP contribution >= 0.6 is 23.4 Å². The molecule has 6 heteroatoms. The van der Waals surface area contributed by atoms with Crippen molar-refractivity contribution in [3.8, 4) is 0 Å². The zero-order chi connectivity index (χ0) is 5.98. The van der Waals surface area contributed by atoms with E-state index in [0.717, 1.165) is 4.53 Å². The quantitative estimate of drug-likeness (QED) is 0.382. The van der Waals surface area contributed by atoms with Gasteiger partial charge >= 0.3 is 0 Å². The Labute approximate surface area is 55.9 Å². The van der Waals surface area contributed by atoms with Gasteiger partial charge < -0.3 is 0 Å². The molecule has 0 radical (unpaired) electrons. The molecule has 4 nitrogen and oxygen atoms in total. The fraction of sp³-hybridized carbons (Fsp3) is 0.500. The van der Waals surface area contributed by atoms with Crippen LogP contribution in [-0.4, -0.2) is 16.5 Å². The minimum Gasteiger partial charge on any atom is -0.230 e. The van der Waals surface area contributed by atoms with Crippen LogP contribution in [0.3, 0.4) is 0 Å². The van der Waals surface area contributed by atoms with Crippen molar-refractivity contribution >= 4 is 28.7 Å². The van der Waals surface area contributed by atoms with Gasteiger partial charge in [0.05, 0.1) is 0 Å². The molecule has 0 unspecified atom stereocenters. The Kier molecular flexibility index (Phi) is 1.65. The van der Waals surface area contributed by atoms with Crippen molar-refractivity contribution in [3.05, 3.63) is 0 Å². The largest absolute Gasteiger partial charge is 0.242 e. The molecular formula is C2H2Cl2N4. The van der Waals surface area contributed by atoms with Gasteiger partial charge in [-0.05, 0) is 11.6 Å². The first kappa shape index (κ1) is 5.78. The van der Waals surface area contributed by atoms with Crippen LogP contribution in [-0.2, 0) is 0 Å². The molecule has 0 aromatic heterocycles. The molecule has 1 rings (SSSR count). The van der Waals surface area contributed by atoms with E-state index in [2.05, 4.69) is 15.3 Å². The molecule has 0 aromatic rings. The van der Waals surface area contributed by atoms with Gasteiger partial charge in [-0.1, -0.05) is 10.3 Å². The van der Waals surface area contributed by atoms with E-state index in [-0.39, 0.29) is 12.0 Å². The van der Waals surface area contributed by atoms with Crippen molar-refractivity contribution in [3.63, 3.8) is 0 Å². The predicted molar refractivity (Wildman–Crippen MR) is 30.7 cm³/mol. The van der Waals surface area contributed by atoms with E-state index >= 15 is 0 Å². The topological polar surface area (TPSA) is 40.3 Å². The zero-order valence-electron chi connectivity index (χ0n) is 3.75. The number of aliphatic imine (C=N–C) groups is 1. The summed E-state index contributed by atoms with van der Waals surface area (Å²) in [5.74, 6) is 0. The van der Waals surface area contributed by atoms with Gasteiger partial charge in [0, 0.05) is 11.8 Å². The summed E-state index contributed by atoms with van der Waals surface area (Å²) >= 11 is 10.6. The summed E-state index contributed by atoms with van der Waals surface area (Å²) in [4.78, 5) is 3.63. The van der Waals surface area contributed by atoms with Crippen molar-refractivity contribution < 1.29 is 0 Å². The molecule has 0 amide bonds. The first-order chi connectivity index (χ1) is 3.79. The normalized spacial score (nSPS) is 18.8. The van der Waals surface area contributed by atoms with Crippen LogP contribution in [0.4, 0.5) is 0 Å². The summed E-state index contributed by atoms with van der Waals surface area (Å²) in [7, 11) is 0. The third-order valence-electron chi connectivity index (χ3n) is 0.542. The van der Waals surface area contributed by atoms with Crippen molar-refractivity contribution in [1.29, 1.82) is 0 Å². The van der Waals surface area contributed by atoms with Gasteiger partial charge in [0.15, 0.2) is 0 Å². The third-order valence-corrected chi connectivity index (χ3v) is 0.912. The number of rotatable bonds is 0. The van der Waals surface area contributed by atoms with Gasteiger partial charge in [-0.2, -0.15) is 4.53 Å². The molecule has 1 aliphatic rings. The third kappa shape index (κ3) is 1.31. The molecule has 1 aliphatic heterocycles. The molecule has 0 N–H and O–H groups in total. The van der Waals surface area contributed by atoms with E-state index in [4.69, 9.17) is 23.4 Å². The number of hydrogen-bond acceptors (Lipinski definition) is 4. The second kappa shape index (κ2) is 2.28. The van der Waals surface area contributed by atoms with E-state index in [0.29, 0.717) is 0 Å². The molecule has 8 heavy (non-hydrogen) atoms. The fourth-order valence-corrected chi connectivity index (χ4v) is 0.437. The van der Waals surface area contributed by atoms with E-state index in [1.165, 1.54) is 0 Å². The lowest BCUT2D eigenvalue weighted by molar-refractivity contribution is 0.461. The lowest BCUT2D eigenvalue weighted by atomic mass is 11.1. The smallest absolute Gasteiger partial charge is 0.230 e. The molecule has 0 fully saturated rings. The second-order valence-electron chi connectivity index (χ2n) is 1.09. The van der Waals surface area contributed by atoms with Crippen molar-refractivity contribution in [2.75, 3.05) is 6.67 Å². The predicted octanol–water partition coefficient (Wildman–Crippen LogP) is 1.38. The maximum atomic E-state index is 5.29. The van der Waals surface area contributed by atoms with E-state index in [1.807, 2.05) is 0 Å². The highest BCUT2D eigenvalue weighted by Gasteiger charge is 2.00. The van der Waals surface area contributed by atoms with Crippen molar-refractivity contribution in [2.24, 2.45) is 15.3 Å². The Balaban J connectivity index is 2.58.